The Bertz CT molecular complexity index is 1830. The van der Waals surface area contributed by atoms with Crippen LogP contribution in [0.15, 0.2) is 64.4 Å². The first-order chi connectivity index (χ1) is 21.1. The maximum Gasteiger partial charge on any atom is 0.258 e. The van der Waals surface area contributed by atoms with Crippen LogP contribution >= 0.6 is 0 Å². The molecule has 0 saturated carbocycles. The van der Waals surface area contributed by atoms with Crippen molar-refractivity contribution in [1.82, 2.24) is 15.1 Å². The van der Waals surface area contributed by atoms with Crippen molar-refractivity contribution in [1.29, 1.82) is 0 Å². The third kappa shape index (κ3) is 6.00. The largest absolute Gasteiger partial charge is 0.369 e. The van der Waals surface area contributed by atoms with Crippen LogP contribution in [0.1, 0.15) is 23.2 Å². The minimum absolute atomic E-state index is 0.0343. The quantitative estimate of drug-likeness (QED) is 0.283. The minimum atomic E-state index is -4.30. The van der Waals surface area contributed by atoms with E-state index >= 15 is 0 Å². The predicted molar refractivity (Wildman–Crippen MR) is 160 cm³/mol. The molecular formula is C30H30F2N6O5S. The first-order valence-corrected chi connectivity index (χ1v) is 15.6. The highest BCUT2D eigenvalue weighted by Gasteiger charge is 2.27. The maximum atomic E-state index is 13.8. The molecule has 2 aliphatic rings. The van der Waals surface area contributed by atoms with Crippen LogP contribution in [0.2, 0.25) is 0 Å². The van der Waals surface area contributed by atoms with E-state index in [1.165, 1.54) is 18.2 Å². The second-order valence-electron chi connectivity index (χ2n) is 10.9. The highest BCUT2D eigenvalue weighted by Crippen LogP contribution is 2.30. The Morgan fingerprint density at radius 3 is 2.41 bits per heavy atom. The molecule has 0 unspecified atom stereocenters. The number of aromatic nitrogens is 2. The summed E-state index contributed by atoms with van der Waals surface area (Å²) in [6.45, 7) is 3.81. The number of halogens is 2. The number of aromatic amines is 1. The summed E-state index contributed by atoms with van der Waals surface area (Å²) in [5, 5.41) is 12.7. The molecule has 3 aromatic carbocycles. The molecule has 0 radical (unpaired) electrons. The van der Waals surface area contributed by atoms with Gasteiger partial charge in [0.15, 0.2) is 5.82 Å². The predicted octanol–water partition coefficient (Wildman–Crippen LogP) is 3.80. The number of carbonyl (C=O) groups is 2. The fourth-order valence-corrected chi connectivity index (χ4v) is 6.67. The number of carbonyl (C=O) groups excluding carboxylic acids is 2. The number of nitrogens with zero attached hydrogens (tertiary/aromatic N) is 3. The van der Waals surface area contributed by atoms with Crippen LogP contribution < -0.4 is 15.5 Å². The number of benzene rings is 3. The zero-order valence-corrected chi connectivity index (χ0v) is 24.6. The molecule has 4 aromatic rings. The second kappa shape index (κ2) is 11.9. The van der Waals surface area contributed by atoms with E-state index in [2.05, 4.69) is 37.7 Å². The van der Waals surface area contributed by atoms with Crippen LogP contribution in [-0.4, -0.2) is 81.3 Å². The van der Waals surface area contributed by atoms with Gasteiger partial charge in [0.1, 0.15) is 17.7 Å². The van der Waals surface area contributed by atoms with Gasteiger partial charge in [-0.2, -0.15) is 5.10 Å². The van der Waals surface area contributed by atoms with Crippen molar-refractivity contribution in [2.45, 2.75) is 28.7 Å². The van der Waals surface area contributed by atoms with Crippen LogP contribution in [0.5, 0.6) is 0 Å². The second-order valence-corrected chi connectivity index (χ2v) is 12.8. The lowest BCUT2D eigenvalue weighted by molar-refractivity contribution is -0.124. The number of piperazine rings is 1. The van der Waals surface area contributed by atoms with Crippen LogP contribution in [0.25, 0.3) is 10.9 Å². The molecule has 3 N–H and O–H groups in total. The Labute approximate surface area is 252 Å². The lowest BCUT2D eigenvalue weighted by atomic mass is 10.1. The van der Waals surface area contributed by atoms with Gasteiger partial charge in [-0.15, -0.1) is 0 Å². The molecule has 2 saturated heterocycles. The van der Waals surface area contributed by atoms with E-state index in [-0.39, 0.29) is 27.6 Å². The van der Waals surface area contributed by atoms with Crippen molar-refractivity contribution in [3.63, 3.8) is 0 Å². The number of rotatable bonds is 7. The number of hydrogen-bond acceptors (Lipinski definition) is 8. The third-order valence-electron chi connectivity index (χ3n) is 7.82. The van der Waals surface area contributed by atoms with E-state index < -0.39 is 38.4 Å². The topological polar surface area (TPSA) is 137 Å². The minimum Gasteiger partial charge on any atom is -0.369 e. The molecule has 3 heterocycles. The van der Waals surface area contributed by atoms with Crippen molar-refractivity contribution < 1.29 is 31.5 Å². The van der Waals surface area contributed by atoms with Crippen LogP contribution in [0.3, 0.4) is 0 Å². The smallest absolute Gasteiger partial charge is 0.258 e. The molecule has 1 atom stereocenters. The van der Waals surface area contributed by atoms with Gasteiger partial charge >= 0.3 is 0 Å². The van der Waals surface area contributed by atoms with Gasteiger partial charge in [0.05, 0.1) is 26.6 Å². The zero-order valence-electron chi connectivity index (χ0n) is 23.8. The van der Waals surface area contributed by atoms with E-state index in [1.807, 2.05) is 6.07 Å². The monoisotopic (exact) mass is 624 g/mol. The standard InChI is InChI=1S/C30H30F2N6O5S/c1-37-8-10-38(11-9-37)20-4-6-23(26(16-20)33-30(40)27-3-2-12-43-27)29(39)34-28-24-17-21(5-7-25(24)35-36-28)44(41,42)22-14-18(31)13-19(32)15-22/h4-7,13-17,27H,2-3,8-12H2,1H3,(H,33,40)(H2,34,35,36,39)/t27-/m1/s1. The highest BCUT2D eigenvalue weighted by atomic mass is 32.2. The highest BCUT2D eigenvalue weighted by molar-refractivity contribution is 7.91. The van der Waals surface area contributed by atoms with Crippen molar-refractivity contribution in [3.8, 4) is 0 Å². The average Bonchev–Trinajstić information content (AvgIpc) is 3.68. The van der Waals surface area contributed by atoms with Gasteiger partial charge < -0.3 is 25.2 Å². The fourth-order valence-electron chi connectivity index (χ4n) is 5.34. The Balaban J connectivity index is 1.31. The van der Waals surface area contributed by atoms with Crippen LogP contribution in [0.4, 0.5) is 26.0 Å². The van der Waals surface area contributed by atoms with Crippen LogP contribution in [0, 0.1) is 11.6 Å². The van der Waals surface area contributed by atoms with E-state index in [0.717, 1.165) is 50.4 Å². The van der Waals surface area contributed by atoms with E-state index in [4.69, 9.17) is 4.74 Å². The summed E-state index contributed by atoms with van der Waals surface area (Å²) >= 11 is 0. The van der Waals surface area contributed by atoms with E-state index in [0.29, 0.717) is 30.3 Å². The van der Waals surface area contributed by atoms with Gasteiger partial charge in [0.25, 0.3) is 11.8 Å². The van der Waals surface area contributed by atoms with Crippen molar-refractivity contribution >= 4 is 49.7 Å². The number of hydrogen-bond donors (Lipinski definition) is 3. The molecule has 1 aromatic heterocycles. The molecule has 0 bridgehead atoms. The molecule has 2 fully saturated rings. The van der Waals surface area contributed by atoms with E-state index in [1.54, 1.807) is 12.1 Å². The van der Waals surface area contributed by atoms with E-state index in [9.17, 15) is 26.8 Å². The Morgan fingerprint density at radius 2 is 1.70 bits per heavy atom. The first kappa shape index (κ1) is 29.7. The third-order valence-corrected chi connectivity index (χ3v) is 9.55. The summed E-state index contributed by atoms with van der Waals surface area (Å²) in [7, 11) is -2.25. The molecule has 0 spiro atoms. The molecule has 11 nitrogen and oxygen atoms in total. The number of H-pyrrole nitrogens is 1. The zero-order chi connectivity index (χ0) is 31.0. The number of anilines is 3. The lowest BCUT2D eigenvalue weighted by Crippen LogP contribution is -2.44. The van der Waals surface area contributed by atoms with Gasteiger partial charge in [0, 0.05) is 49.9 Å². The number of ether oxygens (including phenoxy) is 1. The Morgan fingerprint density at radius 1 is 0.955 bits per heavy atom. The van der Waals surface area contributed by atoms with Crippen molar-refractivity contribution in [3.05, 3.63) is 71.8 Å². The number of nitrogens with one attached hydrogen (secondary N) is 3. The molecule has 2 aliphatic heterocycles. The SMILES string of the molecule is CN1CCN(c2ccc(C(=O)Nc3n[nH]c4ccc(S(=O)(=O)c5cc(F)cc(F)c5)cc34)c(NC(=O)[C@H]3CCCO3)c2)CC1. The summed E-state index contributed by atoms with van der Waals surface area (Å²) in [6.07, 6.45) is 0.740. The fraction of sp³-hybridized carbons (Fsp3) is 0.300. The van der Waals surface area contributed by atoms with Gasteiger partial charge in [-0.3, -0.25) is 14.7 Å². The molecule has 0 aliphatic carbocycles. The van der Waals surface area contributed by atoms with Gasteiger partial charge in [0.2, 0.25) is 9.84 Å². The first-order valence-electron chi connectivity index (χ1n) is 14.1. The number of sulfone groups is 1. The lowest BCUT2D eigenvalue weighted by Gasteiger charge is -2.34. The van der Waals surface area contributed by atoms with Gasteiger partial charge in [-0.05, 0) is 68.4 Å². The normalized spacial score (nSPS) is 17.6. The Kier molecular flexibility index (Phi) is 8.05. The summed E-state index contributed by atoms with van der Waals surface area (Å²) in [5.41, 5.74) is 1.74. The molecular weight excluding hydrogens is 594 g/mol. The molecule has 44 heavy (non-hydrogen) atoms. The van der Waals surface area contributed by atoms with Gasteiger partial charge in [-0.25, -0.2) is 17.2 Å². The Hall–Kier alpha value is -4.40. The van der Waals surface area contributed by atoms with Crippen LogP contribution in [-0.2, 0) is 19.4 Å². The van der Waals surface area contributed by atoms with Crippen molar-refractivity contribution in [2.75, 3.05) is 55.4 Å². The number of likely N-dealkylation sites (N-methyl/N-ethyl adjacent to an activating group) is 1. The van der Waals surface area contributed by atoms with Gasteiger partial charge in [-0.1, -0.05) is 0 Å². The van der Waals surface area contributed by atoms with Crippen molar-refractivity contribution in [2.24, 2.45) is 0 Å². The molecule has 230 valence electrons. The molecule has 6 rings (SSSR count). The summed E-state index contributed by atoms with van der Waals surface area (Å²) in [6, 6.07) is 11.2. The molecule has 14 heteroatoms. The number of fused-ring (bicyclic) bond motifs is 1. The molecule has 2 amide bonds. The summed E-state index contributed by atoms with van der Waals surface area (Å²) in [4.78, 5) is 30.2. The summed E-state index contributed by atoms with van der Waals surface area (Å²) < 4.78 is 59.5. The maximum absolute atomic E-state index is 13.8. The summed E-state index contributed by atoms with van der Waals surface area (Å²) in [5.74, 6) is -2.96. The number of amides is 2. The average molecular weight is 625 g/mol.